The minimum absolute atomic E-state index is 0.0479. The van der Waals surface area contributed by atoms with Crippen molar-refractivity contribution in [3.63, 3.8) is 0 Å². The summed E-state index contributed by atoms with van der Waals surface area (Å²) in [7, 11) is 0. The monoisotopic (exact) mass is 386 g/mol. The van der Waals surface area contributed by atoms with Crippen molar-refractivity contribution < 1.29 is 9.59 Å². The SMILES string of the molecule is O=C1N(Cc2ccccc2-c2ccc(Cl)cc2Cl)C(=O)C23CC(CN12)C3. The highest BCUT2D eigenvalue weighted by atomic mass is 35.5. The minimum atomic E-state index is -0.547. The maximum absolute atomic E-state index is 12.9. The van der Waals surface area contributed by atoms with Crippen LogP contribution in [0.25, 0.3) is 11.1 Å². The van der Waals surface area contributed by atoms with Crippen LogP contribution in [0.15, 0.2) is 42.5 Å². The average molecular weight is 387 g/mol. The lowest BCUT2D eigenvalue weighted by Gasteiger charge is -2.34. The molecular weight excluding hydrogens is 371 g/mol. The Balaban J connectivity index is 1.51. The van der Waals surface area contributed by atoms with Crippen LogP contribution in [0.2, 0.25) is 10.0 Å². The highest BCUT2D eigenvalue weighted by molar-refractivity contribution is 6.36. The van der Waals surface area contributed by atoms with Gasteiger partial charge in [-0.15, -0.1) is 0 Å². The van der Waals surface area contributed by atoms with E-state index in [1.54, 1.807) is 17.0 Å². The topological polar surface area (TPSA) is 40.6 Å². The zero-order chi connectivity index (χ0) is 18.1. The van der Waals surface area contributed by atoms with Gasteiger partial charge in [-0.3, -0.25) is 9.69 Å². The Bertz CT molecular complexity index is 950. The van der Waals surface area contributed by atoms with Crippen molar-refractivity contribution in [1.29, 1.82) is 0 Å². The Hall–Kier alpha value is -2.04. The van der Waals surface area contributed by atoms with E-state index >= 15 is 0 Å². The summed E-state index contributed by atoms with van der Waals surface area (Å²) in [6.45, 7) is 0.974. The van der Waals surface area contributed by atoms with Crippen LogP contribution in [-0.4, -0.2) is 33.8 Å². The molecule has 2 aromatic carbocycles. The van der Waals surface area contributed by atoms with E-state index in [0.717, 1.165) is 29.5 Å². The molecule has 4 fully saturated rings. The molecule has 26 heavy (non-hydrogen) atoms. The number of urea groups is 1. The van der Waals surface area contributed by atoms with Gasteiger partial charge in [0.15, 0.2) is 0 Å². The number of rotatable bonds is 3. The van der Waals surface area contributed by atoms with Crippen LogP contribution in [-0.2, 0) is 11.3 Å². The Morgan fingerprint density at radius 3 is 2.54 bits per heavy atom. The van der Waals surface area contributed by atoms with Gasteiger partial charge in [0, 0.05) is 22.2 Å². The van der Waals surface area contributed by atoms with E-state index in [1.807, 2.05) is 30.3 Å². The molecule has 0 unspecified atom stereocenters. The van der Waals surface area contributed by atoms with Gasteiger partial charge in [0.2, 0.25) is 0 Å². The van der Waals surface area contributed by atoms with Crippen LogP contribution in [0.3, 0.4) is 0 Å². The molecule has 0 aromatic heterocycles. The summed E-state index contributed by atoms with van der Waals surface area (Å²) in [5.41, 5.74) is 2.10. The summed E-state index contributed by atoms with van der Waals surface area (Å²) >= 11 is 12.4. The summed E-state index contributed by atoms with van der Waals surface area (Å²) in [5.74, 6) is 0.457. The molecule has 132 valence electrons. The molecule has 1 spiro atoms. The van der Waals surface area contributed by atoms with Crippen LogP contribution >= 0.6 is 23.2 Å². The van der Waals surface area contributed by atoms with Crippen LogP contribution in [0, 0.1) is 5.92 Å². The standard InChI is InChI=1S/C20H16Cl2N2O2/c21-14-5-6-16(17(22)7-14)15-4-2-1-3-13(15)11-23-18(25)20-8-12(9-20)10-24(20)19(23)26/h1-7,12H,8-11H2. The van der Waals surface area contributed by atoms with Crippen LogP contribution in [0.1, 0.15) is 18.4 Å². The summed E-state index contributed by atoms with van der Waals surface area (Å²) in [6, 6.07) is 12.9. The van der Waals surface area contributed by atoms with E-state index in [4.69, 9.17) is 23.2 Å². The van der Waals surface area contributed by atoms with Gasteiger partial charge in [0.1, 0.15) is 5.54 Å². The second-order valence-corrected chi connectivity index (χ2v) is 8.22. The van der Waals surface area contributed by atoms with Crippen LogP contribution < -0.4 is 0 Å². The van der Waals surface area contributed by atoms with E-state index < -0.39 is 5.54 Å². The smallest absolute Gasteiger partial charge is 0.309 e. The molecule has 3 saturated heterocycles. The molecule has 2 aromatic rings. The predicted molar refractivity (Wildman–Crippen MR) is 100 cm³/mol. The number of hydrogen-bond donors (Lipinski definition) is 0. The minimum Gasteiger partial charge on any atom is -0.309 e. The van der Waals surface area contributed by atoms with E-state index in [9.17, 15) is 9.59 Å². The quantitative estimate of drug-likeness (QED) is 0.723. The molecule has 6 heteroatoms. The molecule has 0 N–H and O–H groups in total. The zero-order valence-electron chi connectivity index (χ0n) is 13.9. The van der Waals surface area contributed by atoms with Gasteiger partial charge in [-0.2, -0.15) is 0 Å². The second kappa shape index (κ2) is 5.48. The third kappa shape index (κ3) is 2.09. The highest BCUT2D eigenvalue weighted by Crippen LogP contribution is 2.55. The molecule has 6 rings (SSSR count). The maximum atomic E-state index is 12.9. The first kappa shape index (κ1) is 16.2. The first-order chi connectivity index (χ1) is 12.5. The molecule has 3 heterocycles. The van der Waals surface area contributed by atoms with Gasteiger partial charge in [0.25, 0.3) is 5.91 Å². The molecule has 4 aliphatic rings. The van der Waals surface area contributed by atoms with Crippen molar-refractivity contribution in [3.8, 4) is 11.1 Å². The Kier molecular flexibility index (Phi) is 3.40. The Labute approximate surface area is 161 Å². The summed E-state index contributed by atoms with van der Waals surface area (Å²) in [6.07, 6.45) is 1.64. The van der Waals surface area contributed by atoms with Crippen LogP contribution in [0.4, 0.5) is 4.79 Å². The number of imide groups is 1. The van der Waals surface area contributed by atoms with Crippen molar-refractivity contribution in [3.05, 3.63) is 58.1 Å². The van der Waals surface area contributed by atoms with Crippen molar-refractivity contribution in [1.82, 2.24) is 9.80 Å². The number of amides is 3. The number of hydrogen-bond acceptors (Lipinski definition) is 2. The van der Waals surface area contributed by atoms with Gasteiger partial charge in [-0.25, -0.2) is 4.79 Å². The van der Waals surface area contributed by atoms with E-state index in [1.165, 1.54) is 4.90 Å². The van der Waals surface area contributed by atoms with E-state index in [-0.39, 0.29) is 18.5 Å². The number of halogens is 2. The zero-order valence-corrected chi connectivity index (χ0v) is 15.4. The molecule has 0 radical (unpaired) electrons. The third-order valence-electron chi connectivity index (χ3n) is 5.88. The van der Waals surface area contributed by atoms with Gasteiger partial charge < -0.3 is 4.90 Å². The molecule has 0 atom stereocenters. The van der Waals surface area contributed by atoms with Crippen molar-refractivity contribution >= 4 is 35.1 Å². The van der Waals surface area contributed by atoms with Gasteiger partial charge in [-0.05, 0) is 42.0 Å². The number of benzene rings is 2. The molecular formula is C20H16Cl2N2O2. The molecule has 1 aliphatic carbocycles. The van der Waals surface area contributed by atoms with Gasteiger partial charge in [0.05, 0.1) is 6.54 Å². The maximum Gasteiger partial charge on any atom is 0.327 e. The van der Waals surface area contributed by atoms with Gasteiger partial charge >= 0.3 is 6.03 Å². The highest BCUT2D eigenvalue weighted by Gasteiger charge is 2.68. The lowest BCUT2D eigenvalue weighted by molar-refractivity contribution is -0.135. The normalized spacial score (nSPS) is 26.3. The Morgan fingerprint density at radius 1 is 1.04 bits per heavy atom. The average Bonchev–Trinajstić information content (AvgIpc) is 3.20. The summed E-state index contributed by atoms with van der Waals surface area (Å²) in [5, 5.41) is 1.12. The first-order valence-electron chi connectivity index (χ1n) is 8.66. The molecule has 2 bridgehead atoms. The number of carbonyl (C=O) groups is 2. The molecule has 3 aliphatic heterocycles. The Morgan fingerprint density at radius 2 is 1.81 bits per heavy atom. The fourth-order valence-electron chi connectivity index (χ4n) is 4.65. The van der Waals surface area contributed by atoms with Crippen molar-refractivity contribution in [2.75, 3.05) is 6.54 Å². The molecule has 1 saturated carbocycles. The number of carbonyl (C=O) groups excluding carboxylic acids is 2. The number of nitrogens with zero attached hydrogens (tertiary/aromatic N) is 2. The van der Waals surface area contributed by atoms with Crippen molar-refractivity contribution in [2.24, 2.45) is 5.92 Å². The predicted octanol–water partition coefficient (Wildman–Crippen LogP) is 4.59. The fourth-order valence-corrected chi connectivity index (χ4v) is 5.16. The van der Waals surface area contributed by atoms with Crippen molar-refractivity contribution in [2.45, 2.75) is 24.9 Å². The summed E-state index contributed by atoms with van der Waals surface area (Å²) < 4.78 is 0. The first-order valence-corrected chi connectivity index (χ1v) is 9.42. The lowest BCUT2D eigenvalue weighted by atomic mass is 9.73. The third-order valence-corrected chi connectivity index (χ3v) is 6.43. The summed E-state index contributed by atoms with van der Waals surface area (Å²) in [4.78, 5) is 28.9. The van der Waals surface area contributed by atoms with E-state index in [0.29, 0.717) is 22.5 Å². The second-order valence-electron chi connectivity index (χ2n) is 7.37. The fraction of sp³-hybridized carbons (Fsp3) is 0.300. The molecule has 3 amide bonds. The largest absolute Gasteiger partial charge is 0.327 e. The lowest BCUT2D eigenvalue weighted by Crippen LogP contribution is -2.48. The van der Waals surface area contributed by atoms with E-state index in [2.05, 4.69) is 0 Å². The molecule has 4 nitrogen and oxygen atoms in total. The van der Waals surface area contributed by atoms with Gasteiger partial charge in [-0.1, -0.05) is 53.5 Å². The van der Waals surface area contributed by atoms with Crippen LogP contribution in [0.5, 0.6) is 0 Å².